The highest BCUT2D eigenvalue weighted by Gasteiger charge is 2.15. The fourth-order valence-electron chi connectivity index (χ4n) is 2.13. The summed E-state index contributed by atoms with van der Waals surface area (Å²) in [5.74, 6) is -0.338. The molecule has 8 heteroatoms. The molecular weight excluding hydrogens is 329 g/mol. The van der Waals surface area contributed by atoms with Crippen LogP contribution < -0.4 is 10.1 Å². The summed E-state index contributed by atoms with van der Waals surface area (Å²) in [7, 11) is 1.72. The van der Waals surface area contributed by atoms with Crippen molar-refractivity contribution >= 4 is 17.3 Å². The summed E-state index contributed by atoms with van der Waals surface area (Å²) in [6.07, 6.45) is 0. The number of nitro benzene ring substituents is 1. The zero-order chi connectivity index (χ0) is 18.2. The van der Waals surface area contributed by atoms with Gasteiger partial charge in [0.25, 0.3) is 5.69 Å². The first-order valence-corrected chi connectivity index (χ1v) is 7.56. The molecule has 0 unspecified atom stereocenters. The van der Waals surface area contributed by atoms with Gasteiger partial charge in [-0.25, -0.2) is 4.39 Å². The Hall–Kier alpha value is -3.00. The molecular formula is C17H18FN3O4. The predicted octanol–water partition coefficient (Wildman–Crippen LogP) is 2.68. The van der Waals surface area contributed by atoms with E-state index >= 15 is 0 Å². The van der Waals surface area contributed by atoms with E-state index in [-0.39, 0.29) is 36.3 Å². The zero-order valence-corrected chi connectivity index (χ0v) is 13.6. The van der Waals surface area contributed by atoms with Gasteiger partial charge in [0, 0.05) is 18.7 Å². The first kappa shape index (κ1) is 18.3. The second kappa shape index (κ2) is 8.74. The van der Waals surface area contributed by atoms with Crippen molar-refractivity contribution in [3.05, 3.63) is 64.5 Å². The van der Waals surface area contributed by atoms with Crippen LogP contribution in [0.3, 0.4) is 0 Å². The first-order valence-electron chi connectivity index (χ1n) is 7.56. The third kappa shape index (κ3) is 5.85. The molecule has 0 radical (unpaired) electrons. The number of hydrogen-bond acceptors (Lipinski definition) is 5. The van der Waals surface area contributed by atoms with Gasteiger partial charge in [-0.1, -0.05) is 18.2 Å². The number of ether oxygens (including phenoxy) is 1. The lowest BCUT2D eigenvalue weighted by atomic mass is 10.2. The van der Waals surface area contributed by atoms with Crippen molar-refractivity contribution in [3.8, 4) is 5.75 Å². The molecule has 2 aromatic carbocycles. The molecule has 0 aliphatic carbocycles. The molecule has 0 aromatic heterocycles. The van der Waals surface area contributed by atoms with Crippen LogP contribution in [0, 0.1) is 15.9 Å². The van der Waals surface area contributed by atoms with E-state index in [0.717, 1.165) is 0 Å². The number of rotatable bonds is 8. The van der Waals surface area contributed by atoms with Gasteiger partial charge >= 0.3 is 0 Å². The van der Waals surface area contributed by atoms with E-state index in [0.29, 0.717) is 12.3 Å². The Kier molecular flexibility index (Phi) is 6.41. The molecule has 7 nitrogen and oxygen atoms in total. The highest BCUT2D eigenvalue weighted by atomic mass is 19.1. The maximum atomic E-state index is 13.0. The molecule has 0 fully saturated rings. The van der Waals surface area contributed by atoms with Crippen LogP contribution in [0.15, 0.2) is 48.5 Å². The number of carbonyl (C=O) groups excluding carboxylic acids is 1. The van der Waals surface area contributed by atoms with Gasteiger partial charge in [0.1, 0.15) is 23.9 Å². The van der Waals surface area contributed by atoms with Crippen LogP contribution in [0.1, 0.15) is 0 Å². The fourth-order valence-corrected chi connectivity index (χ4v) is 2.13. The van der Waals surface area contributed by atoms with Gasteiger partial charge in [0.2, 0.25) is 5.91 Å². The van der Waals surface area contributed by atoms with Gasteiger partial charge in [-0.15, -0.1) is 0 Å². The Bertz CT molecular complexity index is 754. The fraction of sp³-hybridized carbons (Fsp3) is 0.235. The quantitative estimate of drug-likeness (QED) is 0.586. The highest BCUT2D eigenvalue weighted by molar-refractivity contribution is 5.94. The molecule has 0 saturated heterocycles. The third-order valence-corrected chi connectivity index (χ3v) is 3.33. The molecule has 0 aliphatic heterocycles. The lowest BCUT2D eigenvalue weighted by Gasteiger charge is -2.16. The van der Waals surface area contributed by atoms with Gasteiger partial charge in [-0.3, -0.25) is 19.8 Å². The molecule has 2 rings (SSSR count). The molecule has 25 heavy (non-hydrogen) atoms. The van der Waals surface area contributed by atoms with Gasteiger partial charge in [0.05, 0.1) is 11.5 Å². The van der Waals surface area contributed by atoms with Crippen molar-refractivity contribution in [2.24, 2.45) is 0 Å². The number of hydrogen-bond donors (Lipinski definition) is 1. The van der Waals surface area contributed by atoms with E-state index in [9.17, 15) is 19.3 Å². The third-order valence-electron chi connectivity index (χ3n) is 3.33. The monoisotopic (exact) mass is 347 g/mol. The number of nitrogens with zero attached hydrogens (tertiary/aromatic N) is 2. The Labute approximate surface area is 144 Å². The lowest BCUT2D eigenvalue weighted by molar-refractivity contribution is -0.383. The Morgan fingerprint density at radius 3 is 2.76 bits per heavy atom. The number of anilines is 1. The molecule has 0 saturated carbocycles. The Morgan fingerprint density at radius 2 is 2.04 bits per heavy atom. The average molecular weight is 347 g/mol. The van der Waals surface area contributed by atoms with E-state index < -0.39 is 4.92 Å². The van der Waals surface area contributed by atoms with E-state index in [1.54, 1.807) is 30.1 Å². The van der Waals surface area contributed by atoms with Gasteiger partial charge in [0.15, 0.2) is 0 Å². The minimum atomic E-state index is -0.549. The average Bonchev–Trinajstić information content (AvgIpc) is 2.55. The second-order valence-electron chi connectivity index (χ2n) is 5.37. The largest absolute Gasteiger partial charge is 0.492 e. The zero-order valence-electron chi connectivity index (χ0n) is 13.6. The van der Waals surface area contributed by atoms with Crippen LogP contribution in [0.25, 0.3) is 0 Å². The smallest absolute Gasteiger partial charge is 0.292 e. The first-order chi connectivity index (χ1) is 12.0. The van der Waals surface area contributed by atoms with Gasteiger partial charge in [-0.2, -0.15) is 0 Å². The summed E-state index contributed by atoms with van der Waals surface area (Å²) in [6.45, 7) is 0.748. The molecule has 0 bridgehead atoms. The van der Waals surface area contributed by atoms with Crippen LogP contribution in [0.5, 0.6) is 5.75 Å². The summed E-state index contributed by atoms with van der Waals surface area (Å²) in [6, 6.07) is 11.7. The van der Waals surface area contributed by atoms with Crippen molar-refractivity contribution in [1.29, 1.82) is 0 Å². The summed E-state index contributed by atoms with van der Waals surface area (Å²) < 4.78 is 18.4. The number of likely N-dealkylation sites (N-methyl/N-ethyl adjacent to an activating group) is 1. The SMILES string of the molecule is CN(CCOc1cccc(F)c1)CC(=O)Nc1ccccc1[N+](=O)[O-]. The summed E-state index contributed by atoms with van der Waals surface area (Å²) in [5, 5.41) is 13.5. The number of carbonyl (C=O) groups is 1. The van der Waals surface area contributed by atoms with Crippen molar-refractivity contribution in [2.75, 3.05) is 32.1 Å². The lowest BCUT2D eigenvalue weighted by Crippen LogP contribution is -2.33. The van der Waals surface area contributed by atoms with Crippen molar-refractivity contribution < 1.29 is 18.8 Å². The van der Waals surface area contributed by atoms with Crippen LogP contribution in [0.4, 0.5) is 15.8 Å². The van der Waals surface area contributed by atoms with E-state index in [1.807, 2.05) is 0 Å². The number of benzene rings is 2. The Morgan fingerprint density at radius 1 is 1.28 bits per heavy atom. The summed E-state index contributed by atoms with van der Waals surface area (Å²) in [4.78, 5) is 24.1. The molecule has 0 spiro atoms. The van der Waals surface area contributed by atoms with Crippen molar-refractivity contribution in [2.45, 2.75) is 0 Å². The molecule has 1 N–H and O–H groups in total. The molecule has 0 heterocycles. The topological polar surface area (TPSA) is 84.7 Å². The van der Waals surface area contributed by atoms with Gasteiger partial charge in [-0.05, 0) is 25.2 Å². The number of amides is 1. The molecule has 0 aliphatic rings. The Balaban J connectivity index is 1.79. The highest BCUT2D eigenvalue weighted by Crippen LogP contribution is 2.22. The maximum absolute atomic E-state index is 13.0. The van der Waals surface area contributed by atoms with Crippen molar-refractivity contribution in [3.63, 3.8) is 0 Å². The molecule has 0 atom stereocenters. The van der Waals surface area contributed by atoms with Crippen molar-refractivity contribution in [1.82, 2.24) is 4.90 Å². The summed E-state index contributed by atoms with van der Waals surface area (Å²) in [5.41, 5.74) is -0.00477. The van der Waals surface area contributed by atoms with E-state index in [2.05, 4.69) is 5.32 Å². The number of nitro groups is 1. The van der Waals surface area contributed by atoms with Crippen LogP contribution in [-0.2, 0) is 4.79 Å². The second-order valence-corrected chi connectivity index (χ2v) is 5.37. The predicted molar refractivity (Wildman–Crippen MR) is 91.1 cm³/mol. The van der Waals surface area contributed by atoms with E-state index in [1.165, 1.54) is 30.3 Å². The van der Waals surface area contributed by atoms with Crippen LogP contribution in [-0.4, -0.2) is 42.5 Å². The minimum Gasteiger partial charge on any atom is -0.492 e. The molecule has 1 amide bonds. The molecule has 2 aromatic rings. The number of halogens is 1. The van der Waals surface area contributed by atoms with Crippen LogP contribution >= 0.6 is 0 Å². The standard InChI is InChI=1S/C17H18FN3O4/c1-20(9-10-25-14-6-4-5-13(18)11-14)12-17(22)19-15-7-2-3-8-16(15)21(23)24/h2-8,11H,9-10,12H2,1H3,(H,19,22). The number of nitrogens with one attached hydrogen (secondary N) is 1. The molecule has 132 valence electrons. The maximum Gasteiger partial charge on any atom is 0.292 e. The minimum absolute atomic E-state index is 0.0402. The summed E-state index contributed by atoms with van der Waals surface area (Å²) >= 11 is 0. The van der Waals surface area contributed by atoms with Gasteiger partial charge < -0.3 is 10.1 Å². The number of para-hydroxylation sites is 2. The van der Waals surface area contributed by atoms with Crippen LogP contribution in [0.2, 0.25) is 0 Å². The normalized spacial score (nSPS) is 10.5. The van der Waals surface area contributed by atoms with E-state index in [4.69, 9.17) is 4.74 Å².